The van der Waals surface area contributed by atoms with Crippen molar-refractivity contribution in [2.75, 3.05) is 32.7 Å². The minimum atomic E-state index is -5.08. The monoisotopic (exact) mass is 732 g/mol. The average molecular weight is 733 g/mol. The number of rotatable bonds is 13. The lowest BCUT2D eigenvalue weighted by Gasteiger charge is -2.27. The summed E-state index contributed by atoms with van der Waals surface area (Å²) in [6.45, 7) is 7.60. The number of aromatic amines is 1. The molecule has 0 saturated carbocycles. The molecule has 3 aromatic rings. The Labute approximate surface area is 279 Å². The molecule has 11 nitrogen and oxygen atoms in total. The first-order chi connectivity index (χ1) is 22.2. The number of aromatic hydroxyl groups is 1. The van der Waals surface area contributed by atoms with Crippen molar-refractivity contribution in [2.24, 2.45) is 0 Å². The van der Waals surface area contributed by atoms with Crippen molar-refractivity contribution >= 4 is 51.0 Å². The molecular formula is C29H35ClF6N4O7S. The highest BCUT2D eigenvalue weighted by Crippen LogP contribution is 2.27. The Morgan fingerprint density at radius 2 is 1.40 bits per heavy atom. The number of carboxylic acid groups (broad SMARTS) is 2. The highest BCUT2D eigenvalue weighted by Gasteiger charge is 2.38. The first-order valence-electron chi connectivity index (χ1n) is 14.1. The maximum absolute atomic E-state index is 12.7. The summed E-state index contributed by atoms with van der Waals surface area (Å²) in [4.78, 5) is 46.6. The predicted octanol–water partition coefficient (Wildman–Crippen LogP) is 4.81. The number of phenols is 1. The summed E-state index contributed by atoms with van der Waals surface area (Å²) in [6, 6.07) is 11.4. The number of halogens is 7. The normalized spacial score (nSPS) is 11.4. The first-order valence-corrected chi connectivity index (χ1v) is 15.3. The van der Waals surface area contributed by atoms with Crippen molar-refractivity contribution in [3.63, 3.8) is 0 Å². The highest BCUT2D eigenvalue weighted by molar-refractivity contribution is 7.16. The fraction of sp³-hybridized carbons (Fsp3) is 0.448. The lowest BCUT2D eigenvalue weighted by Crippen LogP contribution is -2.42. The summed E-state index contributed by atoms with van der Waals surface area (Å²) in [5.41, 5.74) is 2.74. The van der Waals surface area contributed by atoms with Crippen LogP contribution < -0.4 is 15.5 Å². The van der Waals surface area contributed by atoms with Crippen LogP contribution in [0.3, 0.4) is 0 Å². The van der Waals surface area contributed by atoms with Crippen molar-refractivity contribution in [3.05, 3.63) is 62.2 Å². The average Bonchev–Trinajstić information content (AvgIpc) is 3.38. The van der Waals surface area contributed by atoms with Crippen molar-refractivity contribution in [1.82, 2.24) is 20.5 Å². The van der Waals surface area contributed by atoms with Gasteiger partial charge in [-0.15, -0.1) is 0 Å². The van der Waals surface area contributed by atoms with Crippen LogP contribution in [0.2, 0.25) is 5.02 Å². The number of H-pyrrole nitrogens is 1. The summed E-state index contributed by atoms with van der Waals surface area (Å²) in [5.74, 6) is -5.27. The molecule has 1 heterocycles. The molecule has 268 valence electrons. The standard InChI is InChI=1S/C25H33ClN4O3S.2C2HF3O2/c1-17(2)30(22(32)11-14-27-12-9-18-3-6-20(26)7-4-18)16-15-28-13-10-19-5-8-21(31)23-24(19)34-25(33)29-23;2*3-2(4,5)1(6)7/h3-8,17,27-28,31H,9-16H2,1-2H3,(H,29,33);2*(H,6,7). The van der Waals surface area contributed by atoms with E-state index < -0.39 is 24.3 Å². The van der Waals surface area contributed by atoms with Crippen LogP contribution in [0.25, 0.3) is 10.2 Å². The first kappa shape index (κ1) is 42.2. The number of benzene rings is 2. The predicted molar refractivity (Wildman–Crippen MR) is 168 cm³/mol. The summed E-state index contributed by atoms with van der Waals surface area (Å²) in [5, 5.41) is 31.6. The molecule has 19 heteroatoms. The topological polar surface area (TPSA) is 172 Å². The minimum absolute atomic E-state index is 0.0932. The Bertz CT molecular complexity index is 1510. The summed E-state index contributed by atoms with van der Waals surface area (Å²) < 4.78 is 64.3. The molecule has 0 aliphatic carbocycles. The largest absolute Gasteiger partial charge is 0.506 e. The zero-order valence-electron chi connectivity index (χ0n) is 25.7. The summed E-state index contributed by atoms with van der Waals surface area (Å²) >= 11 is 7.03. The molecule has 0 radical (unpaired) electrons. The van der Waals surface area contributed by atoms with Crippen LogP contribution in [0.4, 0.5) is 26.3 Å². The van der Waals surface area contributed by atoms with Crippen LogP contribution in [0.5, 0.6) is 5.75 Å². The van der Waals surface area contributed by atoms with Gasteiger partial charge in [0.15, 0.2) is 0 Å². The number of alkyl halides is 6. The van der Waals surface area contributed by atoms with Gasteiger partial charge in [-0.25, -0.2) is 9.59 Å². The van der Waals surface area contributed by atoms with E-state index in [1.54, 1.807) is 6.07 Å². The molecule has 0 spiro atoms. The third-order valence-corrected chi connectivity index (χ3v) is 7.40. The van der Waals surface area contributed by atoms with Crippen LogP contribution in [0, 0.1) is 0 Å². The van der Waals surface area contributed by atoms with Gasteiger partial charge in [0.25, 0.3) is 0 Å². The van der Waals surface area contributed by atoms with E-state index in [2.05, 4.69) is 15.6 Å². The Morgan fingerprint density at radius 3 is 1.92 bits per heavy atom. The van der Waals surface area contributed by atoms with Gasteiger partial charge < -0.3 is 35.8 Å². The number of hydrogen-bond acceptors (Lipinski definition) is 8. The Balaban J connectivity index is 0.000000687. The Morgan fingerprint density at radius 1 is 0.875 bits per heavy atom. The van der Waals surface area contributed by atoms with E-state index in [0.29, 0.717) is 31.6 Å². The number of amides is 1. The van der Waals surface area contributed by atoms with Gasteiger partial charge >= 0.3 is 29.2 Å². The number of phenolic OH excluding ortho intramolecular Hbond substituents is 1. The van der Waals surface area contributed by atoms with E-state index in [9.17, 15) is 41.0 Å². The molecule has 0 bridgehead atoms. The van der Waals surface area contributed by atoms with Crippen molar-refractivity contribution < 1.29 is 56.0 Å². The van der Waals surface area contributed by atoms with Crippen LogP contribution in [-0.4, -0.2) is 94.2 Å². The van der Waals surface area contributed by atoms with Crippen LogP contribution in [0.1, 0.15) is 31.4 Å². The zero-order chi connectivity index (χ0) is 36.7. The summed E-state index contributed by atoms with van der Waals surface area (Å²) in [6.07, 6.45) is -8.06. The maximum Gasteiger partial charge on any atom is 0.490 e. The fourth-order valence-corrected chi connectivity index (χ4v) is 4.86. The fourth-order valence-electron chi connectivity index (χ4n) is 3.84. The van der Waals surface area contributed by atoms with Crippen LogP contribution in [0.15, 0.2) is 41.2 Å². The Hall–Kier alpha value is -3.87. The van der Waals surface area contributed by atoms with Gasteiger partial charge in [0, 0.05) is 37.1 Å². The quantitative estimate of drug-likeness (QED) is 0.107. The van der Waals surface area contributed by atoms with E-state index in [-0.39, 0.29) is 22.6 Å². The molecule has 1 amide bonds. The van der Waals surface area contributed by atoms with Gasteiger partial charge in [0.05, 0.1) is 4.70 Å². The smallest absolute Gasteiger partial charge is 0.490 e. The van der Waals surface area contributed by atoms with Gasteiger partial charge in [0.2, 0.25) is 5.91 Å². The second-order valence-corrected chi connectivity index (χ2v) is 11.5. The number of thiazole rings is 1. The molecule has 0 aliphatic heterocycles. The van der Waals surface area contributed by atoms with Gasteiger partial charge in [-0.2, -0.15) is 26.3 Å². The molecular weight excluding hydrogens is 698 g/mol. The molecule has 0 unspecified atom stereocenters. The zero-order valence-corrected chi connectivity index (χ0v) is 27.2. The van der Waals surface area contributed by atoms with E-state index in [0.717, 1.165) is 52.6 Å². The molecule has 1 aromatic heterocycles. The second-order valence-electron chi connectivity index (χ2n) is 10.1. The molecule has 0 fully saturated rings. The van der Waals surface area contributed by atoms with Crippen molar-refractivity contribution in [2.45, 2.75) is 51.5 Å². The Kier molecular flexibility index (Phi) is 17.4. The van der Waals surface area contributed by atoms with Crippen molar-refractivity contribution in [1.29, 1.82) is 0 Å². The minimum Gasteiger partial charge on any atom is -0.506 e. The van der Waals surface area contributed by atoms with Gasteiger partial charge in [-0.3, -0.25) is 9.59 Å². The maximum atomic E-state index is 12.7. The molecule has 6 N–H and O–H groups in total. The number of fused-ring (bicyclic) bond motifs is 1. The molecule has 3 rings (SSSR count). The van der Waals surface area contributed by atoms with E-state index in [4.69, 9.17) is 31.4 Å². The molecule has 0 aliphatic rings. The number of aliphatic carboxylic acids is 2. The van der Waals surface area contributed by atoms with Crippen molar-refractivity contribution in [3.8, 4) is 5.75 Å². The van der Waals surface area contributed by atoms with Crippen LogP contribution in [-0.2, 0) is 27.2 Å². The number of aromatic nitrogens is 1. The number of carbonyl (C=O) groups is 3. The third kappa shape index (κ3) is 15.8. The van der Waals surface area contributed by atoms with E-state index in [1.807, 2.05) is 49.1 Å². The van der Waals surface area contributed by atoms with E-state index >= 15 is 0 Å². The SMILES string of the molecule is CC(C)N(CCNCCc1ccc(O)c2[nH]c(=O)sc12)C(=O)CCNCCc1ccc(Cl)cc1.O=C(O)C(F)(F)F.O=C(O)C(F)(F)F. The highest BCUT2D eigenvalue weighted by atomic mass is 35.5. The molecule has 0 saturated heterocycles. The molecule has 48 heavy (non-hydrogen) atoms. The third-order valence-electron chi connectivity index (χ3n) is 6.19. The number of carbonyl (C=O) groups excluding carboxylic acids is 1. The lowest BCUT2D eigenvalue weighted by atomic mass is 10.1. The van der Waals surface area contributed by atoms with Gasteiger partial charge in [0.1, 0.15) is 11.3 Å². The number of carboxylic acids is 2. The number of nitrogens with zero attached hydrogens (tertiary/aromatic N) is 1. The second kappa shape index (κ2) is 19.8. The van der Waals surface area contributed by atoms with Gasteiger partial charge in [-0.1, -0.05) is 41.1 Å². The lowest BCUT2D eigenvalue weighted by molar-refractivity contribution is -0.193. The molecule has 0 atom stereocenters. The van der Waals surface area contributed by atoms with Crippen LogP contribution >= 0.6 is 22.9 Å². The number of nitrogens with one attached hydrogen (secondary N) is 3. The molecule has 2 aromatic carbocycles. The number of hydrogen-bond donors (Lipinski definition) is 6. The van der Waals surface area contributed by atoms with E-state index in [1.165, 1.54) is 5.56 Å². The van der Waals surface area contributed by atoms with Gasteiger partial charge in [-0.05, 0) is 69.1 Å². The summed E-state index contributed by atoms with van der Waals surface area (Å²) in [7, 11) is 0.